The molecule has 0 saturated carbocycles. The summed E-state index contributed by atoms with van der Waals surface area (Å²) in [6.45, 7) is 5.76. The highest BCUT2D eigenvalue weighted by Crippen LogP contribution is 2.30. The molecule has 2 aromatic rings. The lowest BCUT2D eigenvalue weighted by Crippen LogP contribution is -2.21. The van der Waals surface area contributed by atoms with Crippen molar-refractivity contribution in [3.8, 4) is 0 Å². The summed E-state index contributed by atoms with van der Waals surface area (Å²) in [6.07, 6.45) is -2.72. The van der Waals surface area contributed by atoms with E-state index in [1.54, 1.807) is 0 Å². The number of anilines is 1. The molecule has 0 fully saturated rings. The quantitative estimate of drug-likeness (QED) is 0.876. The van der Waals surface area contributed by atoms with Gasteiger partial charge in [-0.25, -0.2) is 4.98 Å². The van der Waals surface area contributed by atoms with Crippen molar-refractivity contribution in [2.75, 3.05) is 5.32 Å². The molecule has 0 aromatic carbocycles. The van der Waals surface area contributed by atoms with Gasteiger partial charge in [-0.2, -0.15) is 13.2 Å². The van der Waals surface area contributed by atoms with E-state index >= 15 is 0 Å². The van der Waals surface area contributed by atoms with E-state index in [1.807, 2.05) is 25.8 Å². The molecule has 0 radical (unpaired) electrons. The Morgan fingerprint density at radius 2 is 1.96 bits per heavy atom. The Balaban J connectivity index is 2.27. The first-order valence-corrected chi connectivity index (χ1v) is 7.38. The molecule has 0 bridgehead atoms. The largest absolute Gasteiger partial charge is 0.417 e. The Bertz CT molecular complexity index is 788. The van der Waals surface area contributed by atoms with E-state index in [-0.39, 0.29) is 10.3 Å². The highest BCUT2D eigenvalue weighted by Gasteiger charge is 2.31. The van der Waals surface area contributed by atoms with Crippen LogP contribution in [0.5, 0.6) is 0 Å². The summed E-state index contributed by atoms with van der Waals surface area (Å²) in [5.74, 6) is -0.678. The minimum atomic E-state index is -4.62. The van der Waals surface area contributed by atoms with Crippen LogP contribution in [0.3, 0.4) is 0 Å². The Labute approximate surface area is 133 Å². The predicted molar refractivity (Wildman–Crippen MR) is 80.8 cm³/mol. The summed E-state index contributed by atoms with van der Waals surface area (Å²) in [5.41, 5.74) is -2.58. The second-order valence-electron chi connectivity index (χ2n) is 5.86. The van der Waals surface area contributed by atoms with E-state index in [4.69, 9.17) is 0 Å². The fourth-order valence-electron chi connectivity index (χ4n) is 1.65. The lowest BCUT2D eigenvalue weighted by molar-refractivity contribution is -0.137. The van der Waals surface area contributed by atoms with Crippen molar-refractivity contribution in [1.82, 2.24) is 9.97 Å². The van der Waals surface area contributed by atoms with Crippen LogP contribution >= 0.6 is 11.3 Å². The Hall–Kier alpha value is -2.16. The molecule has 5 nitrogen and oxygen atoms in total. The van der Waals surface area contributed by atoms with Crippen molar-refractivity contribution in [3.63, 3.8) is 0 Å². The molecular formula is C14H14F3N3O2S. The number of thiazole rings is 1. The van der Waals surface area contributed by atoms with Gasteiger partial charge in [-0.3, -0.25) is 9.59 Å². The SMILES string of the molecule is CC(C)(C)c1ncc(C(=O)Nc2cc(C(F)(F)F)c[nH]c2=O)s1. The van der Waals surface area contributed by atoms with Gasteiger partial charge < -0.3 is 10.3 Å². The number of aromatic amines is 1. The Morgan fingerprint density at radius 3 is 2.48 bits per heavy atom. The molecule has 0 spiro atoms. The lowest BCUT2D eigenvalue weighted by Gasteiger charge is -2.13. The van der Waals surface area contributed by atoms with Crippen LogP contribution in [0, 0.1) is 0 Å². The first-order valence-electron chi connectivity index (χ1n) is 6.56. The van der Waals surface area contributed by atoms with E-state index in [1.165, 1.54) is 6.20 Å². The first kappa shape index (κ1) is 17.2. The Kier molecular flexibility index (Phi) is 4.34. The number of halogens is 3. The normalized spacial score (nSPS) is 12.3. The standard InChI is InChI=1S/C14H14F3N3O2S/c1-13(2,3)12-19-6-9(23-12)11(22)20-8-4-7(14(15,16)17)5-18-10(8)21/h4-6H,1-3H3,(H,18,21)(H,20,22). The van der Waals surface area contributed by atoms with Crippen molar-refractivity contribution in [2.45, 2.75) is 32.4 Å². The topological polar surface area (TPSA) is 74.8 Å². The summed E-state index contributed by atoms with van der Waals surface area (Å²) in [5, 5.41) is 2.90. The van der Waals surface area contributed by atoms with Crippen LogP contribution in [-0.2, 0) is 11.6 Å². The van der Waals surface area contributed by atoms with Crippen LogP contribution in [0.4, 0.5) is 18.9 Å². The third-order valence-electron chi connectivity index (χ3n) is 2.85. The first-order chi connectivity index (χ1) is 10.5. The number of carbonyl (C=O) groups excluding carboxylic acids is 1. The molecule has 0 aliphatic carbocycles. The second kappa shape index (κ2) is 5.80. The van der Waals surface area contributed by atoms with Crippen molar-refractivity contribution >= 4 is 22.9 Å². The molecule has 0 atom stereocenters. The number of amides is 1. The summed E-state index contributed by atoms with van der Waals surface area (Å²) >= 11 is 1.13. The molecule has 0 saturated heterocycles. The van der Waals surface area contributed by atoms with E-state index < -0.39 is 28.9 Å². The highest BCUT2D eigenvalue weighted by molar-refractivity contribution is 7.13. The second-order valence-corrected chi connectivity index (χ2v) is 6.89. The zero-order valence-electron chi connectivity index (χ0n) is 12.5. The predicted octanol–water partition coefficient (Wildman–Crippen LogP) is 3.40. The zero-order chi connectivity index (χ0) is 17.4. The molecular weight excluding hydrogens is 331 g/mol. The van der Waals surface area contributed by atoms with Crippen LogP contribution in [0.15, 0.2) is 23.3 Å². The van der Waals surface area contributed by atoms with Gasteiger partial charge in [-0.15, -0.1) is 11.3 Å². The summed E-state index contributed by atoms with van der Waals surface area (Å²) in [6, 6.07) is 0.600. The average Bonchev–Trinajstić information content (AvgIpc) is 2.89. The lowest BCUT2D eigenvalue weighted by atomic mass is 9.98. The summed E-state index contributed by atoms with van der Waals surface area (Å²) < 4.78 is 38.0. The Morgan fingerprint density at radius 1 is 1.30 bits per heavy atom. The van der Waals surface area contributed by atoms with Crippen molar-refractivity contribution < 1.29 is 18.0 Å². The molecule has 2 heterocycles. The number of alkyl halides is 3. The molecule has 2 N–H and O–H groups in total. The smallest absolute Gasteiger partial charge is 0.327 e. The minimum absolute atomic E-state index is 0.215. The van der Waals surface area contributed by atoms with E-state index in [0.29, 0.717) is 17.3 Å². The van der Waals surface area contributed by atoms with Crippen LogP contribution in [-0.4, -0.2) is 15.9 Å². The monoisotopic (exact) mass is 345 g/mol. The average molecular weight is 345 g/mol. The van der Waals surface area contributed by atoms with Crippen molar-refractivity contribution in [2.24, 2.45) is 0 Å². The van der Waals surface area contributed by atoms with Crippen LogP contribution in [0.1, 0.15) is 41.0 Å². The van der Waals surface area contributed by atoms with Gasteiger partial charge in [0.15, 0.2) is 0 Å². The van der Waals surface area contributed by atoms with Crippen LogP contribution in [0.25, 0.3) is 0 Å². The highest BCUT2D eigenvalue weighted by atomic mass is 32.1. The third kappa shape index (κ3) is 3.98. The number of aromatic nitrogens is 2. The van der Waals surface area contributed by atoms with Gasteiger partial charge in [0, 0.05) is 11.6 Å². The van der Waals surface area contributed by atoms with Crippen LogP contribution < -0.4 is 10.9 Å². The number of nitrogens with zero attached hydrogens (tertiary/aromatic N) is 1. The van der Waals surface area contributed by atoms with Gasteiger partial charge in [-0.1, -0.05) is 20.8 Å². The number of H-pyrrole nitrogens is 1. The van der Waals surface area contributed by atoms with Crippen LogP contribution in [0.2, 0.25) is 0 Å². The van der Waals surface area contributed by atoms with Crippen molar-refractivity contribution in [1.29, 1.82) is 0 Å². The third-order valence-corrected chi connectivity index (χ3v) is 4.27. The molecule has 0 unspecified atom stereocenters. The van der Waals surface area contributed by atoms with Gasteiger partial charge >= 0.3 is 6.18 Å². The van der Waals surface area contributed by atoms with E-state index in [0.717, 1.165) is 11.3 Å². The van der Waals surface area contributed by atoms with Crippen molar-refractivity contribution in [3.05, 3.63) is 44.3 Å². The van der Waals surface area contributed by atoms with Gasteiger partial charge in [0.2, 0.25) is 0 Å². The minimum Gasteiger partial charge on any atom is -0.327 e. The molecule has 1 amide bonds. The maximum atomic E-state index is 12.7. The zero-order valence-corrected chi connectivity index (χ0v) is 13.4. The maximum absolute atomic E-state index is 12.7. The maximum Gasteiger partial charge on any atom is 0.417 e. The fraction of sp³-hybridized carbons (Fsp3) is 0.357. The number of hydrogen-bond acceptors (Lipinski definition) is 4. The number of nitrogens with one attached hydrogen (secondary N) is 2. The molecule has 9 heteroatoms. The van der Waals surface area contributed by atoms with E-state index in [9.17, 15) is 22.8 Å². The molecule has 2 rings (SSSR count). The number of pyridine rings is 1. The molecule has 23 heavy (non-hydrogen) atoms. The van der Waals surface area contributed by atoms with Gasteiger partial charge in [-0.05, 0) is 6.07 Å². The number of rotatable bonds is 2. The molecule has 124 valence electrons. The molecule has 0 aliphatic heterocycles. The van der Waals surface area contributed by atoms with E-state index in [2.05, 4.69) is 10.3 Å². The number of carbonyl (C=O) groups is 1. The van der Waals surface area contributed by atoms with Gasteiger partial charge in [0.05, 0.1) is 16.8 Å². The summed E-state index contributed by atoms with van der Waals surface area (Å²) in [7, 11) is 0. The van der Waals surface area contributed by atoms with Gasteiger partial charge in [0.1, 0.15) is 10.6 Å². The fourth-order valence-corrected chi connectivity index (χ4v) is 2.52. The molecule has 2 aromatic heterocycles. The summed E-state index contributed by atoms with van der Waals surface area (Å²) in [4.78, 5) is 30.0. The van der Waals surface area contributed by atoms with Gasteiger partial charge in [0.25, 0.3) is 11.5 Å². The molecule has 0 aliphatic rings. The number of hydrogen-bond donors (Lipinski definition) is 2.